The summed E-state index contributed by atoms with van der Waals surface area (Å²) in [5.41, 5.74) is 3.68. The third-order valence-corrected chi connectivity index (χ3v) is 4.42. The molecule has 6 heteroatoms. The number of aromatic nitrogens is 2. The Hall–Kier alpha value is -3.54. The number of hydrogen-bond donors (Lipinski definition) is 2. The molecule has 0 aliphatic carbocycles. The first-order valence-electron chi connectivity index (χ1n) is 8.62. The van der Waals surface area contributed by atoms with Crippen LogP contribution in [0.15, 0.2) is 60.9 Å². The SMILES string of the molecule is O=C(CC(=O)OCc1c[nH]c2ccccc12)OCc1c[nH]c2ccccc12. The molecule has 0 aliphatic heterocycles. The molecule has 0 aliphatic rings. The fourth-order valence-corrected chi connectivity index (χ4v) is 3.04. The molecule has 0 amide bonds. The lowest BCUT2D eigenvalue weighted by Gasteiger charge is -2.05. The lowest BCUT2D eigenvalue weighted by molar-refractivity contribution is -0.155. The maximum atomic E-state index is 11.9. The fraction of sp³-hybridized carbons (Fsp3) is 0.143. The predicted molar refractivity (Wildman–Crippen MR) is 101 cm³/mol. The quantitative estimate of drug-likeness (QED) is 0.403. The lowest BCUT2D eigenvalue weighted by atomic mass is 10.2. The normalized spacial score (nSPS) is 11.0. The predicted octanol–water partition coefficient (Wildman–Crippen LogP) is 3.83. The molecule has 0 bridgehead atoms. The largest absolute Gasteiger partial charge is 0.460 e. The smallest absolute Gasteiger partial charge is 0.317 e. The second kappa shape index (κ2) is 7.37. The summed E-state index contributed by atoms with van der Waals surface area (Å²) in [5.74, 6) is -1.21. The highest BCUT2D eigenvalue weighted by molar-refractivity contribution is 5.91. The molecular formula is C21H18N2O4. The van der Waals surface area contributed by atoms with E-state index in [-0.39, 0.29) is 13.2 Å². The Bertz CT molecular complexity index is 1020. The molecular weight excluding hydrogens is 344 g/mol. The summed E-state index contributed by atoms with van der Waals surface area (Å²) in [7, 11) is 0. The summed E-state index contributed by atoms with van der Waals surface area (Å²) in [6, 6.07) is 15.5. The number of para-hydroxylation sites is 2. The van der Waals surface area contributed by atoms with Gasteiger partial charge in [-0.05, 0) is 12.1 Å². The van der Waals surface area contributed by atoms with Crippen LogP contribution in [0.25, 0.3) is 21.8 Å². The number of H-pyrrole nitrogens is 2. The number of benzene rings is 2. The van der Waals surface area contributed by atoms with Crippen LogP contribution in [0, 0.1) is 0 Å². The molecule has 4 rings (SSSR count). The zero-order valence-corrected chi connectivity index (χ0v) is 14.5. The molecule has 0 saturated carbocycles. The first kappa shape index (κ1) is 16.9. The van der Waals surface area contributed by atoms with Crippen LogP contribution in [0.4, 0.5) is 0 Å². The second-order valence-electron chi connectivity index (χ2n) is 6.22. The molecule has 6 nitrogen and oxygen atoms in total. The minimum Gasteiger partial charge on any atom is -0.460 e. The molecule has 0 spiro atoms. The maximum absolute atomic E-state index is 11.9. The van der Waals surface area contributed by atoms with Gasteiger partial charge < -0.3 is 19.4 Å². The Balaban J connectivity index is 1.28. The van der Waals surface area contributed by atoms with E-state index in [2.05, 4.69) is 9.97 Å². The number of rotatable bonds is 6. The Morgan fingerprint density at radius 2 is 1.15 bits per heavy atom. The van der Waals surface area contributed by atoms with Gasteiger partial charge in [-0.15, -0.1) is 0 Å². The van der Waals surface area contributed by atoms with Crippen LogP contribution in [0.2, 0.25) is 0 Å². The van der Waals surface area contributed by atoms with Gasteiger partial charge in [-0.2, -0.15) is 0 Å². The molecule has 27 heavy (non-hydrogen) atoms. The van der Waals surface area contributed by atoms with Gasteiger partial charge in [0.25, 0.3) is 0 Å². The number of fused-ring (bicyclic) bond motifs is 2. The first-order chi connectivity index (χ1) is 13.2. The number of nitrogens with one attached hydrogen (secondary N) is 2. The van der Waals surface area contributed by atoms with Gasteiger partial charge in [0.2, 0.25) is 0 Å². The Kier molecular flexibility index (Phi) is 4.61. The number of ether oxygens (including phenoxy) is 2. The van der Waals surface area contributed by atoms with E-state index in [9.17, 15) is 9.59 Å². The van der Waals surface area contributed by atoms with Crippen LogP contribution in [0.5, 0.6) is 0 Å². The monoisotopic (exact) mass is 362 g/mol. The molecule has 2 aromatic heterocycles. The van der Waals surface area contributed by atoms with Crippen molar-refractivity contribution in [3.8, 4) is 0 Å². The second-order valence-corrected chi connectivity index (χ2v) is 6.22. The third kappa shape index (κ3) is 3.69. The molecule has 136 valence electrons. The number of aromatic amines is 2. The van der Waals surface area contributed by atoms with Gasteiger partial charge >= 0.3 is 11.9 Å². The third-order valence-electron chi connectivity index (χ3n) is 4.42. The summed E-state index contributed by atoms with van der Waals surface area (Å²) in [6.45, 7) is 0.219. The summed E-state index contributed by atoms with van der Waals surface area (Å²) < 4.78 is 10.4. The van der Waals surface area contributed by atoms with Gasteiger partial charge in [0.15, 0.2) is 0 Å². The van der Waals surface area contributed by atoms with E-state index < -0.39 is 18.4 Å². The summed E-state index contributed by atoms with van der Waals surface area (Å²) in [5, 5.41) is 1.99. The zero-order chi connectivity index (χ0) is 18.6. The van der Waals surface area contributed by atoms with Crippen molar-refractivity contribution in [2.24, 2.45) is 0 Å². The maximum Gasteiger partial charge on any atom is 0.317 e. The highest BCUT2D eigenvalue weighted by atomic mass is 16.6. The highest BCUT2D eigenvalue weighted by Crippen LogP contribution is 2.19. The van der Waals surface area contributed by atoms with E-state index in [1.54, 1.807) is 12.4 Å². The van der Waals surface area contributed by atoms with Crippen molar-refractivity contribution in [3.63, 3.8) is 0 Å². The Morgan fingerprint density at radius 1 is 0.704 bits per heavy atom. The standard InChI is InChI=1S/C21H18N2O4/c24-20(26-12-14-10-22-18-7-3-1-5-16(14)18)9-21(25)27-13-15-11-23-19-8-4-2-6-17(15)19/h1-8,10-11,22-23H,9,12-13H2. The molecule has 0 atom stereocenters. The van der Waals surface area contributed by atoms with E-state index in [0.29, 0.717) is 0 Å². The summed E-state index contributed by atoms with van der Waals surface area (Å²) in [6.07, 6.45) is 3.19. The number of hydrogen-bond acceptors (Lipinski definition) is 4. The minimum atomic E-state index is -0.607. The van der Waals surface area contributed by atoms with Crippen LogP contribution >= 0.6 is 0 Å². The van der Waals surface area contributed by atoms with Crippen molar-refractivity contribution in [1.29, 1.82) is 0 Å². The summed E-state index contributed by atoms with van der Waals surface area (Å²) >= 11 is 0. The van der Waals surface area contributed by atoms with Crippen LogP contribution in [-0.4, -0.2) is 21.9 Å². The Morgan fingerprint density at radius 3 is 1.63 bits per heavy atom. The van der Waals surface area contributed by atoms with Gasteiger partial charge in [-0.1, -0.05) is 36.4 Å². The van der Waals surface area contributed by atoms with Crippen LogP contribution < -0.4 is 0 Å². The number of carbonyl (C=O) groups is 2. The van der Waals surface area contributed by atoms with Crippen LogP contribution in [0.1, 0.15) is 17.5 Å². The summed E-state index contributed by atoms with van der Waals surface area (Å²) in [4.78, 5) is 30.1. The van der Waals surface area contributed by atoms with E-state index in [1.807, 2.05) is 48.5 Å². The van der Waals surface area contributed by atoms with Crippen molar-refractivity contribution >= 4 is 33.7 Å². The van der Waals surface area contributed by atoms with Gasteiger partial charge in [0, 0.05) is 45.3 Å². The van der Waals surface area contributed by atoms with Crippen molar-refractivity contribution < 1.29 is 19.1 Å². The van der Waals surface area contributed by atoms with Crippen LogP contribution in [-0.2, 0) is 32.3 Å². The lowest BCUT2D eigenvalue weighted by Crippen LogP contribution is -2.13. The van der Waals surface area contributed by atoms with E-state index >= 15 is 0 Å². The van der Waals surface area contributed by atoms with Crippen molar-refractivity contribution in [2.45, 2.75) is 19.6 Å². The number of esters is 2. The van der Waals surface area contributed by atoms with Gasteiger partial charge in [-0.25, -0.2) is 0 Å². The average Bonchev–Trinajstić information content (AvgIpc) is 3.29. The molecule has 0 fully saturated rings. The highest BCUT2D eigenvalue weighted by Gasteiger charge is 2.14. The molecule has 2 N–H and O–H groups in total. The fourth-order valence-electron chi connectivity index (χ4n) is 3.04. The molecule has 2 aromatic carbocycles. The van der Waals surface area contributed by atoms with Gasteiger partial charge in [0.05, 0.1) is 0 Å². The molecule has 0 saturated heterocycles. The van der Waals surface area contributed by atoms with Gasteiger partial charge in [0.1, 0.15) is 19.6 Å². The van der Waals surface area contributed by atoms with Crippen molar-refractivity contribution in [2.75, 3.05) is 0 Å². The van der Waals surface area contributed by atoms with E-state index in [0.717, 1.165) is 32.9 Å². The Labute approximate surface area is 155 Å². The molecule has 2 heterocycles. The van der Waals surface area contributed by atoms with Crippen molar-refractivity contribution in [1.82, 2.24) is 9.97 Å². The topological polar surface area (TPSA) is 84.2 Å². The molecule has 0 radical (unpaired) electrons. The van der Waals surface area contributed by atoms with Gasteiger partial charge in [-0.3, -0.25) is 9.59 Å². The van der Waals surface area contributed by atoms with E-state index in [1.165, 1.54) is 0 Å². The first-order valence-corrected chi connectivity index (χ1v) is 8.62. The van der Waals surface area contributed by atoms with Crippen molar-refractivity contribution in [3.05, 3.63) is 72.1 Å². The average molecular weight is 362 g/mol. The zero-order valence-electron chi connectivity index (χ0n) is 14.5. The van der Waals surface area contributed by atoms with E-state index in [4.69, 9.17) is 9.47 Å². The van der Waals surface area contributed by atoms with Crippen LogP contribution in [0.3, 0.4) is 0 Å². The minimum absolute atomic E-state index is 0.110. The number of carbonyl (C=O) groups excluding carboxylic acids is 2. The molecule has 4 aromatic rings. The molecule has 0 unspecified atom stereocenters.